The Morgan fingerprint density at radius 1 is 0.667 bits per heavy atom. The Kier molecular flexibility index (Phi) is 5.03. The van der Waals surface area contributed by atoms with Crippen molar-refractivity contribution in [1.82, 2.24) is 14.7 Å². The van der Waals surface area contributed by atoms with Crippen LogP contribution in [0.15, 0.2) is 0 Å². The molecule has 0 bridgehead atoms. The second-order valence-electron chi connectivity index (χ2n) is 5.65. The number of hydrogen-bond acceptors (Lipinski definition) is 3. The first kappa shape index (κ1) is 12.9. The van der Waals surface area contributed by atoms with Crippen LogP contribution < -0.4 is 0 Å². The van der Waals surface area contributed by atoms with E-state index in [1.807, 2.05) is 0 Å². The molecular formula is C12H27N3. The lowest BCUT2D eigenvalue weighted by atomic mass is 10.1. The Balaban J connectivity index is 2.55. The first-order valence-corrected chi connectivity index (χ1v) is 6.03. The van der Waals surface area contributed by atoms with Crippen molar-refractivity contribution in [2.45, 2.75) is 13.8 Å². The first-order valence-electron chi connectivity index (χ1n) is 6.03. The predicted molar refractivity (Wildman–Crippen MR) is 66.0 cm³/mol. The zero-order valence-electron chi connectivity index (χ0n) is 11.0. The Morgan fingerprint density at radius 3 is 1.40 bits per heavy atom. The van der Waals surface area contributed by atoms with Crippen molar-refractivity contribution in [3.63, 3.8) is 0 Å². The number of rotatable bonds is 0. The Bertz CT molecular complexity index is 127. The van der Waals surface area contributed by atoms with Gasteiger partial charge in [-0.15, -0.1) is 0 Å². The molecule has 1 aliphatic rings. The van der Waals surface area contributed by atoms with E-state index >= 15 is 0 Å². The molecule has 2 unspecified atom stereocenters. The zero-order chi connectivity index (χ0) is 11.4. The van der Waals surface area contributed by atoms with Gasteiger partial charge >= 0.3 is 0 Å². The molecule has 0 aromatic heterocycles. The van der Waals surface area contributed by atoms with Crippen LogP contribution in [0.2, 0.25) is 0 Å². The fourth-order valence-corrected chi connectivity index (χ4v) is 2.85. The van der Waals surface area contributed by atoms with E-state index in [1.54, 1.807) is 0 Å². The summed E-state index contributed by atoms with van der Waals surface area (Å²) in [6.45, 7) is 10.6. The molecule has 0 spiro atoms. The van der Waals surface area contributed by atoms with Crippen molar-refractivity contribution >= 4 is 0 Å². The summed E-state index contributed by atoms with van der Waals surface area (Å²) in [6.07, 6.45) is 0. The Labute approximate surface area is 95.0 Å². The highest BCUT2D eigenvalue weighted by atomic mass is 15.3. The highest BCUT2D eigenvalue weighted by Crippen LogP contribution is 2.08. The summed E-state index contributed by atoms with van der Waals surface area (Å²) < 4.78 is 0. The normalized spacial score (nSPS) is 34.2. The van der Waals surface area contributed by atoms with Crippen LogP contribution in [0.3, 0.4) is 0 Å². The maximum atomic E-state index is 2.47. The first-order chi connectivity index (χ1) is 6.97. The summed E-state index contributed by atoms with van der Waals surface area (Å²) in [5.74, 6) is 1.53. The Morgan fingerprint density at radius 2 is 1.00 bits per heavy atom. The summed E-state index contributed by atoms with van der Waals surface area (Å²) >= 11 is 0. The minimum absolute atomic E-state index is 0.763. The SMILES string of the molecule is CC1CN(C)CC(C)CN(C)CN(C)C1. The van der Waals surface area contributed by atoms with Gasteiger partial charge in [-0.25, -0.2) is 0 Å². The van der Waals surface area contributed by atoms with E-state index < -0.39 is 0 Å². The fourth-order valence-electron chi connectivity index (χ4n) is 2.85. The summed E-state index contributed by atoms with van der Waals surface area (Å²) in [7, 11) is 6.69. The van der Waals surface area contributed by atoms with Gasteiger partial charge in [0.25, 0.3) is 0 Å². The molecule has 0 amide bonds. The van der Waals surface area contributed by atoms with Crippen molar-refractivity contribution in [2.75, 3.05) is 54.0 Å². The van der Waals surface area contributed by atoms with E-state index in [0.717, 1.165) is 18.5 Å². The predicted octanol–water partition coefficient (Wildman–Crippen LogP) is 1.03. The summed E-state index contributed by atoms with van der Waals surface area (Å²) in [5.41, 5.74) is 0. The van der Waals surface area contributed by atoms with Crippen molar-refractivity contribution in [3.8, 4) is 0 Å². The molecule has 0 saturated carbocycles. The summed E-state index contributed by atoms with van der Waals surface area (Å²) in [6, 6.07) is 0. The lowest BCUT2D eigenvalue weighted by molar-refractivity contribution is 0.112. The van der Waals surface area contributed by atoms with Crippen LogP contribution in [0.4, 0.5) is 0 Å². The quantitative estimate of drug-likeness (QED) is 0.595. The van der Waals surface area contributed by atoms with Crippen LogP contribution >= 0.6 is 0 Å². The third-order valence-electron chi connectivity index (χ3n) is 2.98. The van der Waals surface area contributed by atoms with E-state index in [1.165, 1.54) is 26.2 Å². The monoisotopic (exact) mass is 213 g/mol. The van der Waals surface area contributed by atoms with Gasteiger partial charge in [0.05, 0.1) is 6.67 Å². The van der Waals surface area contributed by atoms with E-state index in [-0.39, 0.29) is 0 Å². The molecule has 1 fully saturated rings. The topological polar surface area (TPSA) is 9.72 Å². The lowest BCUT2D eigenvalue weighted by Gasteiger charge is -2.33. The van der Waals surface area contributed by atoms with Crippen molar-refractivity contribution in [1.29, 1.82) is 0 Å². The van der Waals surface area contributed by atoms with Gasteiger partial charge in [0.2, 0.25) is 0 Å². The molecule has 0 radical (unpaired) electrons. The molecule has 3 heteroatoms. The molecule has 0 N–H and O–H groups in total. The van der Waals surface area contributed by atoms with Crippen molar-refractivity contribution in [2.24, 2.45) is 11.8 Å². The molecule has 15 heavy (non-hydrogen) atoms. The largest absolute Gasteiger partial charge is 0.306 e. The molecule has 1 rings (SSSR count). The second-order valence-corrected chi connectivity index (χ2v) is 5.65. The fraction of sp³-hybridized carbons (Fsp3) is 1.00. The third-order valence-corrected chi connectivity index (χ3v) is 2.98. The van der Waals surface area contributed by atoms with E-state index in [2.05, 4.69) is 49.7 Å². The van der Waals surface area contributed by atoms with E-state index in [9.17, 15) is 0 Å². The molecule has 1 aliphatic heterocycles. The van der Waals surface area contributed by atoms with Gasteiger partial charge in [-0.3, -0.25) is 9.80 Å². The maximum absolute atomic E-state index is 2.47. The molecule has 2 atom stereocenters. The highest BCUT2D eigenvalue weighted by Gasteiger charge is 2.16. The van der Waals surface area contributed by atoms with Crippen LogP contribution in [0.1, 0.15) is 13.8 Å². The van der Waals surface area contributed by atoms with Gasteiger partial charge < -0.3 is 4.90 Å². The molecule has 0 aromatic carbocycles. The molecular weight excluding hydrogens is 186 g/mol. The van der Waals surface area contributed by atoms with Crippen LogP contribution in [-0.4, -0.2) is 68.7 Å². The number of nitrogens with zero attached hydrogens (tertiary/aromatic N) is 3. The smallest absolute Gasteiger partial charge is 0.0500 e. The molecule has 3 nitrogen and oxygen atoms in total. The van der Waals surface area contributed by atoms with Crippen molar-refractivity contribution in [3.05, 3.63) is 0 Å². The van der Waals surface area contributed by atoms with Gasteiger partial charge in [-0.2, -0.15) is 0 Å². The molecule has 1 heterocycles. The summed E-state index contributed by atoms with van der Waals surface area (Å²) in [4.78, 5) is 7.33. The second kappa shape index (κ2) is 5.83. The number of hydrogen-bond donors (Lipinski definition) is 0. The van der Waals surface area contributed by atoms with Gasteiger partial charge in [-0.1, -0.05) is 13.8 Å². The minimum atomic E-state index is 0.763. The van der Waals surface area contributed by atoms with Crippen LogP contribution in [0.25, 0.3) is 0 Å². The third kappa shape index (κ3) is 4.96. The summed E-state index contributed by atoms with van der Waals surface area (Å²) in [5, 5.41) is 0. The average Bonchev–Trinajstić information content (AvgIpc) is 1.98. The van der Waals surface area contributed by atoms with Gasteiger partial charge in [0, 0.05) is 26.2 Å². The lowest BCUT2D eigenvalue weighted by Crippen LogP contribution is -2.43. The molecule has 0 aliphatic carbocycles. The molecule has 90 valence electrons. The molecule has 1 saturated heterocycles. The van der Waals surface area contributed by atoms with E-state index in [4.69, 9.17) is 0 Å². The van der Waals surface area contributed by atoms with Gasteiger partial charge in [0.15, 0.2) is 0 Å². The molecule has 0 aromatic rings. The van der Waals surface area contributed by atoms with Crippen LogP contribution in [-0.2, 0) is 0 Å². The van der Waals surface area contributed by atoms with Gasteiger partial charge in [0.1, 0.15) is 0 Å². The highest BCUT2D eigenvalue weighted by molar-refractivity contribution is 4.70. The van der Waals surface area contributed by atoms with Gasteiger partial charge in [-0.05, 0) is 33.0 Å². The van der Waals surface area contributed by atoms with Crippen molar-refractivity contribution < 1.29 is 0 Å². The zero-order valence-corrected chi connectivity index (χ0v) is 11.0. The maximum Gasteiger partial charge on any atom is 0.0500 e. The Hall–Kier alpha value is -0.120. The average molecular weight is 213 g/mol. The minimum Gasteiger partial charge on any atom is -0.306 e. The van der Waals surface area contributed by atoms with Crippen LogP contribution in [0, 0.1) is 11.8 Å². The standard InChI is InChI=1S/C12H27N3/c1-11-6-13(3)7-12(2)9-15(5)10-14(4)8-11/h11-12H,6-10H2,1-5H3. The van der Waals surface area contributed by atoms with Crippen LogP contribution in [0.5, 0.6) is 0 Å². The van der Waals surface area contributed by atoms with E-state index in [0.29, 0.717) is 0 Å².